The van der Waals surface area contributed by atoms with Crippen LogP contribution in [0.2, 0.25) is 0 Å². The van der Waals surface area contributed by atoms with Crippen molar-refractivity contribution in [3.05, 3.63) is 23.8 Å². The SMILES string of the molecule is C=C1CCC2C3CCC4=CC(=O)CC[C@]4(C)C3CC[C@]12C. The minimum absolute atomic E-state index is 0.322. The quantitative estimate of drug-likeness (QED) is 0.567. The average Bonchev–Trinajstić information content (AvgIpc) is 2.76. The van der Waals surface area contributed by atoms with Gasteiger partial charge in [0.15, 0.2) is 5.78 Å². The number of rotatable bonds is 0. The number of ketones is 1. The van der Waals surface area contributed by atoms with Crippen molar-refractivity contribution in [2.45, 2.75) is 65.2 Å². The fourth-order valence-corrected chi connectivity index (χ4v) is 6.47. The first kappa shape index (κ1) is 13.8. The normalized spacial score (nSPS) is 49.2. The van der Waals surface area contributed by atoms with E-state index in [1.54, 1.807) is 0 Å². The van der Waals surface area contributed by atoms with Crippen LogP contribution in [0, 0.1) is 28.6 Å². The maximum absolute atomic E-state index is 11.8. The molecule has 1 nitrogen and oxygen atoms in total. The average molecular weight is 284 g/mol. The fourth-order valence-electron chi connectivity index (χ4n) is 6.47. The maximum atomic E-state index is 11.8. The first-order chi connectivity index (χ1) is 9.95. The minimum Gasteiger partial charge on any atom is -0.295 e. The number of allylic oxidation sites excluding steroid dienone is 2. The van der Waals surface area contributed by atoms with Gasteiger partial charge in [-0.15, -0.1) is 0 Å². The Balaban J connectivity index is 1.70. The van der Waals surface area contributed by atoms with E-state index in [0.717, 1.165) is 30.6 Å². The molecule has 0 aromatic rings. The van der Waals surface area contributed by atoms with Crippen LogP contribution in [-0.2, 0) is 4.79 Å². The summed E-state index contributed by atoms with van der Waals surface area (Å²) in [5.74, 6) is 2.92. The molecule has 0 N–H and O–H groups in total. The Morgan fingerprint density at radius 3 is 2.57 bits per heavy atom. The predicted molar refractivity (Wildman–Crippen MR) is 85.9 cm³/mol. The van der Waals surface area contributed by atoms with E-state index in [4.69, 9.17) is 0 Å². The fraction of sp³-hybridized carbons (Fsp3) is 0.750. The summed E-state index contributed by atoms with van der Waals surface area (Å²) in [4.78, 5) is 11.8. The van der Waals surface area contributed by atoms with Crippen molar-refractivity contribution in [2.24, 2.45) is 28.6 Å². The van der Waals surface area contributed by atoms with Crippen molar-refractivity contribution in [3.63, 3.8) is 0 Å². The van der Waals surface area contributed by atoms with E-state index in [2.05, 4.69) is 20.4 Å². The summed E-state index contributed by atoms with van der Waals surface area (Å²) in [6, 6.07) is 0. The van der Waals surface area contributed by atoms with Crippen LogP contribution in [0.5, 0.6) is 0 Å². The van der Waals surface area contributed by atoms with Gasteiger partial charge in [0.1, 0.15) is 0 Å². The van der Waals surface area contributed by atoms with Crippen LogP contribution >= 0.6 is 0 Å². The van der Waals surface area contributed by atoms with Gasteiger partial charge in [-0.3, -0.25) is 4.79 Å². The molecule has 0 amide bonds. The molecule has 0 aromatic heterocycles. The Hall–Kier alpha value is -0.850. The van der Waals surface area contributed by atoms with E-state index in [0.29, 0.717) is 16.6 Å². The molecular formula is C20H28O. The third kappa shape index (κ3) is 1.72. The van der Waals surface area contributed by atoms with Crippen LogP contribution in [0.1, 0.15) is 65.2 Å². The van der Waals surface area contributed by atoms with E-state index < -0.39 is 0 Å². The summed E-state index contributed by atoms with van der Waals surface area (Å²) >= 11 is 0. The van der Waals surface area contributed by atoms with Crippen LogP contribution in [0.3, 0.4) is 0 Å². The lowest BCUT2D eigenvalue weighted by atomic mass is 9.47. The van der Waals surface area contributed by atoms with Crippen LogP contribution in [0.4, 0.5) is 0 Å². The molecule has 0 radical (unpaired) electrons. The second-order valence-electron chi connectivity index (χ2n) is 8.57. The van der Waals surface area contributed by atoms with Crippen molar-refractivity contribution in [2.75, 3.05) is 0 Å². The van der Waals surface area contributed by atoms with Gasteiger partial charge in [-0.1, -0.05) is 31.6 Å². The number of hydrogen-bond donors (Lipinski definition) is 0. The highest BCUT2D eigenvalue weighted by Gasteiger charge is 2.57. The molecule has 3 unspecified atom stereocenters. The van der Waals surface area contributed by atoms with Gasteiger partial charge in [-0.2, -0.15) is 0 Å². The van der Waals surface area contributed by atoms with Gasteiger partial charge in [0, 0.05) is 6.42 Å². The number of carbonyl (C=O) groups excluding carboxylic acids is 1. The molecular weight excluding hydrogens is 256 g/mol. The summed E-state index contributed by atoms with van der Waals surface area (Å²) < 4.78 is 0. The standard InChI is InChI=1S/C20H28O/c1-13-4-7-17-16-6-5-14-12-15(21)8-10-20(14,3)18(16)9-11-19(13,17)2/h12,16-18H,1,4-11H2,2-3H3/t16?,17?,18?,19-,20+/m1/s1. The first-order valence-corrected chi connectivity index (χ1v) is 8.87. The lowest BCUT2D eigenvalue weighted by molar-refractivity contribution is -0.117. The summed E-state index contributed by atoms with van der Waals surface area (Å²) in [5, 5.41) is 0. The summed E-state index contributed by atoms with van der Waals surface area (Å²) in [6.07, 6.45) is 11.7. The second-order valence-corrected chi connectivity index (χ2v) is 8.57. The van der Waals surface area contributed by atoms with Gasteiger partial charge in [-0.05, 0) is 79.6 Å². The zero-order valence-corrected chi connectivity index (χ0v) is 13.6. The Morgan fingerprint density at radius 2 is 1.76 bits per heavy atom. The monoisotopic (exact) mass is 284 g/mol. The molecule has 4 aliphatic rings. The Morgan fingerprint density at radius 1 is 1.00 bits per heavy atom. The van der Waals surface area contributed by atoms with E-state index in [9.17, 15) is 4.79 Å². The molecule has 4 aliphatic carbocycles. The van der Waals surface area contributed by atoms with E-state index in [1.165, 1.54) is 49.7 Å². The van der Waals surface area contributed by atoms with Crippen molar-refractivity contribution in [3.8, 4) is 0 Å². The summed E-state index contributed by atoms with van der Waals surface area (Å²) in [7, 11) is 0. The smallest absolute Gasteiger partial charge is 0.155 e. The van der Waals surface area contributed by atoms with Crippen LogP contribution in [-0.4, -0.2) is 5.78 Å². The zero-order chi connectivity index (χ0) is 14.8. The molecule has 1 heteroatoms. The van der Waals surface area contributed by atoms with Gasteiger partial charge in [0.05, 0.1) is 0 Å². The number of hydrogen-bond acceptors (Lipinski definition) is 1. The molecule has 4 rings (SSSR count). The third-order valence-electron chi connectivity index (χ3n) is 7.92. The van der Waals surface area contributed by atoms with Crippen LogP contribution in [0.25, 0.3) is 0 Å². The highest BCUT2D eigenvalue weighted by atomic mass is 16.1. The first-order valence-electron chi connectivity index (χ1n) is 8.87. The molecule has 114 valence electrons. The summed E-state index contributed by atoms with van der Waals surface area (Å²) in [6.45, 7) is 9.35. The third-order valence-corrected chi connectivity index (χ3v) is 7.92. The van der Waals surface area contributed by atoms with Crippen molar-refractivity contribution < 1.29 is 4.79 Å². The van der Waals surface area contributed by atoms with Gasteiger partial charge >= 0.3 is 0 Å². The van der Waals surface area contributed by atoms with Crippen LogP contribution < -0.4 is 0 Å². The largest absolute Gasteiger partial charge is 0.295 e. The van der Waals surface area contributed by atoms with Crippen molar-refractivity contribution in [1.29, 1.82) is 0 Å². The topological polar surface area (TPSA) is 17.1 Å². The minimum atomic E-state index is 0.322. The van der Waals surface area contributed by atoms with E-state index in [1.807, 2.05) is 6.08 Å². The highest BCUT2D eigenvalue weighted by molar-refractivity contribution is 5.91. The van der Waals surface area contributed by atoms with Gasteiger partial charge in [-0.25, -0.2) is 0 Å². The predicted octanol–water partition coefficient (Wildman–Crippen LogP) is 5.07. The Labute approximate surface area is 128 Å². The molecule has 0 saturated heterocycles. The molecule has 0 heterocycles. The number of fused-ring (bicyclic) bond motifs is 5. The summed E-state index contributed by atoms with van der Waals surface area (Å²) in [5.41, 5.74) is 3.75. The lowest BCUT2D eigenvalue weighted by Gasteiger charge is -2.57. The molecule has 21 heavy (non-hydrogen) atoms. The lowest BCUT2D eigenvalue weighted by Crippen LogP contribution is -2.49. The molecule has 0 spiro atoms. The molecule has 3 fully saturated rings. The van der Waals surface area contributed by atoms with Gasteiger partial charge in [0.2, 0.25) is 0 Å². The number of carbonyl (C=O) groups is 1. The van der Waals surface area contributed by atoms with E-state index >= 15 is 0 Å². The molecule has 0 aliphatic heterocycles. The zero-order valence-electron chi connectivity index (χ0n) is 13.6. The molecule has 0 bridgehead atoms. The second kappa shape index (κ2) is 4.33. The van der Waals surface area contributed by atoms with E-state index in [-0.39, 0.29) is 0 Å². The van der Waals surface area contributed by atoms with Crippen LogP contribution in [0.15, 0.2) is 23.8 Å². The van der Waals surface area contributed by atoms with Gasteiger partial charge in [0.25, 0.3) is 0 Å². The molecule has 0 aromatic carbocycles. The Bertz CT molecular complexity index is 542. The molecule has 3 saturated carbocycles. The van der Waals surface area contributed by atoms with Crippen molar-refractivity contribution >= 4 is 5.78 Å². The molecule has 5 atom stereocenters. The highest BCUT2D eigenvalue weighted by Crippen LogP contribution is 2.66. The van der Waals surface area contributed by atoms with Crippen molar-refractivity contribution in [1.82, 2.24) is 0 Å². The maximum Gasteiger partial charge on any atom is 0.155 e. The van der Waals surface area contributed by atoms with Gasteiger partial charge < -0.3 is 0 Å². The Kier molecular flexibility index (Phi) is 2.85.